The normalized spacial score (nSPS) is 16.7. The number of rotatable bonds is 5. The number of nitrogens with zero attached hydrogens (tertiary/aromatic N) is 1. The zero-order chi connectivity index (χ0) is 15.4. The number of amides is 2. The SMILES string of the molecule is CC(=O)NC(C(=O)N(C)Cc1ccc(Cl)s1)C1CCCC1. The van der Waals surface area contributed by atoms with E-state index in [1.807, 2.05) is 12.1 Å². The summed E-state index contributed by atoms with van der Waals surface area (Å²) in [6.45, 7) is 1.99. The van der Waals surface area contributed by atoms with Gasteiger partial charge >= 0.3 is 0 Å². The van der Waals surface area contributed by atoms with Gasteiger partial charge in [-0.25, -0.2) is 0 Å². The minimum atomic E-state index is -0.398. The largest absolute Gasteiger partial charge is 0.344 e. The molecule has 1 atom stereocenters. The molecule has 0 aliphatic heterocycles. The third-order valence-electron chi connectivity index (χ3n) is 3.89. The fourth-order valence-corrected chi connectivity index (χ4v) is 4.02. The summed E-state index contributed by atoms with van der Waals surface area (Å²) in [5, 5.41) is 2.84. The number of likely N-dealkylation sites (N-methyl/N-ethyl adjacent to an activating group) is 1. The fraction of sp³-hybridized carbons (Fsp3) is 0.600. The maximum atomic E-state index is 12.7. The molecule has 21 heavy (non-hydrogen) atoms. The monoisotopic (exact) mass is 328 g/mol. The van der Waals surface area contributed by atoms with Crippen LogP contribution in [0.25, 0.3) is 0 Å². The van der Waals surface area contributed by atoms with Crippen molar-refractivity contribution in [3.63, 3.8) is 0 Å². The first-order chi connectivity index (χ1) is 9.97. The summed E-state index contributed by atoms with van der Waals surface area (Å²) in [4.78, 5) is 26.8. The van der Waals surface area contributed by atoms with Crippen LogP contribution < -0.4 is 5.32 Å². The molecule has 1 aromatic heterocycles. The molecular weight excluding hydrogens is 308 g/mol. The van der Waals surface area contributed by atoms with E-state index in [0.29, 0.717) is 6.54 Å². The zero-order valence-electron chi connectivity index (χ0n) is 12.4. The van der Waals surface area contributed by atoms with Gasteiger partial charge in [-0.05, 0) is 30.9 Å². The Kier molecular flexibility index (Phi) is 5.65. The van der Waals surface area contributed by atoms with Crippen LogP contribution in [0.4, 0.5) is 0 Å². The summed E-state index contributed by atoms with van der Waals surface area (Å²) in [6.07, 6.45) is 4.29. The standard InChI is InChI=1S/C15H21ClN2O2S/c1-10(19)17-14(11-5-3-4-6-11)15(20)18(2)9-12-7-8-13(16)21-12/h7-8,11,14H,3-6,9H2,1-2H3,(H,17,19). The van der Waals surface area contributed by atoms with Gasteiger partial charge in [0.25, 0.3) is 0 Å². The molecule has 1 aliphatic carbocycles. The van der Waals surface area contributed by atoms with Crippen LogP contribution in [-0.2, 0) is 16.1 Å². The second-order valence-electron chi connectivity index (χ2n) is 5.62. The van der Waals surface area contributed by atoms with E-state index in [0.717, 1.165) is 34.9 Å². The Hall–Kier alpha value is -1.07. The average molecular weight is 329 g/mol. The van der Waals surface area contributed by atoms with E-state index in [1.165, 1.54) is 18.3 Å². The maximum absolute atomic E-state index is 12.7. The highest BCUT2D eigenvalue weighted by atomic mass is 35.5. The third-order valence-corrected chi connectivity index (χ3v) is 5.11. The number of carbonyl (C=O) groups is 2. The number of hydrogen-bond donors (Lipinski definition) is 1. The molecule has 1 N–H and O–H groups in total. The Morgan fingerprint density at radius 1 is 1.43 bits per heavy atom. The second kappa shape index (κ2) is 7.27. The Bertz CT molecular complexity index is 512. The van der Waals surface area contributed by atoms with Gasteiger partial charge in [-0.3, -0.25) is 9.59 Å². The topological polar surface area (TPSA) is 49.4 Å². The van der Waals surface area contributed by atoms with Gasteiger partial charge in [-0.2, -0.15) is 0 Å². The third kappa shape index (κ3) is 4.45. The molecule has 2 amide bonds. The molecule has 0 saturated heterocycles. The Morgan fingerprint density at radius 2 is 2.10 bits per heavy atom. The number of nitrogens with one attached hydrogen (secondary N) is 1. The molecule has 4 nitrogen and oxygen atoms in total. The van der Waals surface area contributed by atoms with Crippen LogP contribution in [0.5, 0.6) is 0 Å². The van der Waals surface area contributed by atoms with Crippen molar-refractivity contribution < 1.29 is 9.59 Å². The molecule has 0 bridgehead atoms. The second-order valence-corrected chi connectivity index (χ2v) is 7.42. The molecule has 1 fully saturated rings. The molecule has 0 spiro atoms. The van der Waals surface area contributed by atoms with Gasteiger partial charge in [0.05, 0.1) is 10.9 Å². The van der Waals surface area contributed by atoms with Crippen molar-refractivity contribution in [3.05, 3.63) is 21.3 Å². The number of hydrogen-bond acceptors (Lipinski definition) is 3. The van der Waals surface area contributed by atoms with Crippen LogP contribution in [0.1, 0.15) is 37.5 Å². The van der Waals surface area contributed by atoms with Gasteiger partial charge in [-0.1, -0.05) is 24.4 Å². The fourth-order valence-electron chi connectivity index (χ4n) is 2.88. The average Bonchev–Trinajstić information content (AvgIpc) is 3.06. The molecular formula is C15H21ClN2O2S. The summed E-state index contributed by atoms with van der Waals surface area (Å²) >= 11 is 7.39. The van der Waals surface area contributed by atoms with Crippen molar-refractivity contribution in [2.45, 2.75) is 45.2 Å². The summed E-state index contributed by atoms with van der Waals surface area (Å²) in [5.41, 5.74) is 0. The molecule has 1 aliphatic rings. The summed E-state index contributed by atoms with van der Waals surface area (Å²) < 4.78 is 0.722. The van der Waals surface area contributed by atoms with Crippen molar-refractivity contribution in [2.75, 3.05) is 7.05 Å². The first-order valence-electron chi connectivity index (χ1n) is 7.23. The zero-order valence-corrected chi connectivity index (χ0v) is 14.0. The first-order valence-corrected chi connectivity index (χ1v) is 8.43. The van der Waals surface area contributed by atoms with Gasteiger partial charge in [0, 0.05) is 18.8 Å². The van der Waals surface area contributed by atoms with Crippen LogP contribution in [0.15, 0.2) is 12.1 Å². The quantitative estimate of drug-likeness (QED) is 0.903. The molecule has 6 heteroatoms. The predicted octanol–water partition coefficient (Wildman–Crippen LogP) is 3.05. The number of thiophene rings is 1. The van der Waals surface area contributed by atoms with Crippen LogP contribution >= 0.6 is 22.9 Å². The summed E-state index contributed by atoms with van der Waals surface area (Å²) in [6, 6.07) is 3.37. The maximum Gasteiger partial charge on any atom is 0.245 e. The lowest BCUT2D eigenvalue weighted by atomic mass is 9.96. The first kappa shape index (κ1) is 16.3. The van der Waals surface area contributed by atoms with E-state index >= 15 is 0 Å². The molecule has 0 radical (unpaired) electrons. The van der Waals surface area contributed by atoms with Crippen molar-refractivity contribution in [1.29, 1.82) is 0 Å². The van der Waals surface area contributed by atoms with Gasteiger partial charge in [-0.15, -0.1) is 11.3 Å². The molecule has 1 saturated carbocycles. The van der Waals surface area contributed by atoms with Crippen LogP contribution in [0.3, 0.4) is 0 Å². The van der Waals surface area contributed by atoms with Gasteiger partial charge in [0.2, 0.25) is 11.8 Å². The predicted molar refractivity (Wildman–Crippen MR) is 85.4 cm³/mol. The number of halogens is 1. The van der Waals surface area contributed by atoms with E-state index in [1.54, 1.807) is 11.9 Å². The lowest BCUT2D eigenvalue weighted by Crippen LogP contribution is -2.50. The Morgan fingerprint density at radius 3 is 2.62 bits per heavy atom. The molecule has 116 valence electrons. The summed E-state index contributed by atoms with van der Waals surface area (Å²) in [7, 11) is 1.78. The van der Waals surface area contributed by atoms with Gasteiger partial charge in [0.15, 0.2) is 0 Å². The Balaban J connectivity index is 2.03. The highest BCUT2D eigenvalue weighted by Gasteiger charge is 2.33. The lowest BCUT2D eigenvalue weighted by molar-refractivity contribution is -0.136. The Labute approximate surface area is 134 Å². The van der Waals surface area contributed by atoms with E-state index < -0.39 is 6.04 Å². The highest BCUT2D eigenvalue weighted by Crippen LogP contribution is 2.29. The molecule has 1 aromatic rings. The lowest BCUT2D eigenvalue weighted by Gasteiger charge is -2.28. The van der Waals surface area contributed by atoms with Crippen LogP contribution in [0.2, 0.25) is 4.34 Å². The van der Waals surface area contributed by atoms with Crippen molar-refractivity contribution in [2.24, 2.45) is 5.92 Å². The van der Waals surface area contributed by atoms with Crippen molar-refractivity contribution in [3.8, 4) is 0 Å². The van der Waals surface area contributed by atoms with Crippen molar-refractivity contribution >= 4 is 34.8 Å². The van der Waals surface area contributed by atoms with E-state index in [2.05, 4.69) is 5.32 Å². The highest BCUT2D eigenvalue weighted by molar-refractivity contribution is 7.16. The van der Waals surface area contributed by atoms with E-state index in [-0.39, 0.29) is 17.7 Å². The van der Waals surface area contributed by atoms with Gasteiger partial charge < -0.3 is 10.2 Å². The molecule has 1 heterocycles. The molecule has 1 unspecified atom stereocenters. The van der Waals surface area contributed by atoms with E-state index in [9.17, 15) is 9.59 Å². The minimum Gasteiger partial charge on any atom is -0.344 e. The van der Waals surface area contributed by atoms with Gasteiger partial charge in [0.1, 0.15) is 6.04 Å². The molecule has 0 aromatic carbocycles. The summed E-state index contributed by atoms with van der Waals surface area (Å²) in [5.74, 6) is 0.102. The van der Waals surface area contributed by atoms with Crippen LogP contribution in [-0.4, -0.2) is 29.8 Å². The minimum absolute atomic E-state index is 0.0124. The van der Waals surface area contributed by atoms with Crippen LogP contribution in [0, 0.1) is 5.92 Å². The smallest absolute Gasteiger partial charge is 0.245 e. The molecule has 2 rings (SSSR count). The van der Waals surface area contributed by atoms with Crippen molar-refractivity contribution in [1.82, 2.24) is 10.2 Å². The van der Waals surface area contributed by atoms with E-state index in [4.69, 9.17) is 11.6 Å². The number of carbonyl (C=O) groups excluding carboxylic acids is 2.